The van der Waals surface area contributed by atoms with E-state index in [1.165, 1.54) is 5.56 Å². The third-order valence-corrected chi connectivity index (χ3v) is 3.55. The van der Waals surface area contributed by atoms with E-state index in [1.54, 1.807) is 7.11 Å². The highest BCUT2D eigenvalue weighted by Crippen LogP contribution is 2.28. The summed E-state index contributed by atoms with van der Waals surface area (Å²) >= 11 is 0. The first-order valence-corrected chi connectivity index (χ1v) is 7.94. The van der Waals surface area contributed by atoms with Gasteiger partial charge in [0.2, 0.25) is 0 Å². The van der Waals surface area contributed by atoms with Gasteiger partial charge in [-0.05, 0) is 36.1 Å². The van der Waals surface area contributed by atoms with Gasteiger partial charge in [0.15, 0.2) is 18.1 Å². The van der Waals surface area contributed by atoms with Crippen LogP contribution in [0, 0.1) is 0 Å². The van der Waals surface area contributed by atoms with Gasteiger partial charge in [-0.2, -0.15) is 0 Å². The highest BCUT2D eigenvalue weighted by atomic mass is 16.5. The maximum absolute atomic E-state index is 11.9. The summed E-state index contributed by atoms with van der Waals surface area (Å²) in [5.74, 6) is 1.03. The minimum absolute atomic E-state index is 0.0358. The number of carbonyl (C=O) groups is 1. The minimum Gasteiger partial charge on any atom is -0.493 e. The van der Waals surface area contributed by atoms with E-state index in [9.17, 15) is 4.79 Å². The fourth-order valence-electron chi connectivity index (χ4n) is 2.31. The Kier molecular flexibility index (Phi) is 6.90. The molecule has 2 aromatic carbocycles. The molecule has 0 unspecified atom stereocenters. The van der Waals surface area contributed by atoms with Crippen LogP contribution in [0.2, 0.25) is 0 Å². The number of allylic oxidation sites excluding steroid dienone is 1. The number of methoxy groups -OCH3 is 1. The molecule has 0 aliphatic rings. The Balaban J connectivity index is 1.79. The summed E-state index contributed by atoms with van der Waals surface area (Å²) in [5, 5.41) is 2.85. The molecule has 1 N–H and O–H groups in total. The van der Waals surface area contributed by atoms with E-state index in [1.807, 2.05) is 54.6 Å². The summed E-state index contributed by atoms with van der Waals surface area (Å²) in [6.45, 7) is 4.27. The first kappa shape index (κ1) is 17.6. The first-order chi connectivity index (χ1) is 11.7. The molecule has 0 aliphatic carbocycles. The van der Waals surface area contributed by atoms with Crippen LogP contribution in [0.1, 0.15) is 11.1 Å². The molecule has 2 rings (SSSR count). The van der Waals surface area contributed by atoms with Gasteiger partial charge in [-0.25, -0.2) is 0 Å². The van der Waals surface area contributed by atoms with Crippen LogP contribution in [-0.2, 0) is 17.6 Å². The second kappa shape index (κ2) is 9.40. The summed E-state index contributed by atoms with van der Waals surface area (Å²) < 4.78 is 10.9. The fraction of sp³-hybridized carbons (Fsp3) is 0.250. The Morgan fingerprint density at radius 2 is 1.92 bits per heavy atom. The minimum atomic E-state index is -0.150. The lowest BCUT2D eigenvalue weighted by molar-refractivity contribution is -0.123. The van der Waals surface area contributed by atoms with Crippen molar-refractivity contribution in [2.45, 2.75) is 12.8 Å². The Hall–Kier alpha value is -2.75. The third kappa shape index (κ3) is 5.47. The van der Waals surface area contributed by atoms with Gasteiger partial charge >= 0.3 is 0 Å². The fourth-order valence-corrected chi connectivity index (χ4v) is 2.31. The van der Waals surface area contributed by atoms with Gasteiger partial charge in [-0.1, -0.05) is 42.5 Å². The number of benzene rings is 2. The standard InChI is InChI=1S/C20H23NO3/c1-3-7-17-10-11-18(19(14-17)23-2)24-15-20(22)21-13-12-16-8-5-4-6-9-16/h3-6,8-11,14H,1,7,12-13,15H2,2H3,(H,21,22). The van der Waals surface area contributed by atoms with Crippen LogP contribution in [-0.4, -0.2) is 26.2 Å². The number of carbonyl (C=O) groups excluding carboxylic acids is 1. The molecule has 0 heterocycles. The van der Waals surface area contributed by atoms with Crippen LogP contribution in [0.25, 0.3) is 0 Å². The van der Waals surface area contributed by atoms with Crippen molar-refractivity contribution in [3.05, 3.63) is 72.3 Å². The molecule has 4 heteroatoms. The lowest BCUT2D eigenvalue weighted by atomic mass is 10.1. The van der Waals surface area contributed by atoms with Gasteiger partial charge in [-0.15, -0.1) is 6.58 Å². The largest absolute Gasteiger partial charge is 0.493 e. The smallest absolute Gasteiger partial charge is 0.257 e. The average Bonchev–Trinajstić information content (AvgIpc) is 2.61. The number of nitrogens with one attached hydrogen (secondary N) is 1. The topological polar surface area (TPSA) is 47.6 Å². The van der Waals surface area contributed by atoms with Crippen molar-refractivity contribution in [3.63, 3.8) is 0 Å². The van der Waals surface area contributed by atoms with Crippen LogP contribution in [0.3, 0.4) is 0 Å². The predicted molar refractivity (Wildman–Crippen MR) is 95.5 cm³/mol. The van der Waals surface area contributed by atoms with Gasteiger partial charge in [0, 0.05) is 6.54 Å². The van der Waals surface area contributed by atoms with E-state index in [0.717, 1.165) is 18.4 Å². The lowest BCUT2D eigenvalue weighted by Crippen LogP contribution is -2.30. The highest BCUT2D eigenvalue weighted by molar-refractivity contribution is 5.77. The molecule has 2 aromatic rings. The number of amides is 1. The van der Waals surface area contributed by atoms with E-state index in [4.69, 9.17) is 9.47 Å². The molecular weight excluding hydrogens is 302 g/mol. The molecule has 1 amide bonds. The van der Waals surface area contributed by atoms with E-state index >= 15 is 0 Å². The summed E-state index contributed by atoms with van der Waals surface area (Å²) in [4.78, 5) is 11.9. The molecule has 0 saturated carbocycles. The van der Waals surface area contributed by atoms with E-state index in [-0.39, 0.29) is 12.5 Å². The SMILES string of the molecule is C=CCc1ccc(OCC(=O)NCCc2ccccc2)c(OC)c1. The Morgan fingerprint density at radius 3 is 2.62 bits per heavy atom. The molecule has 0 radical (unpaired) electrons. The molecule has 0 atom stereocenters. The Bertz CT molecular complexity index is 668. The van der Waals surface area contributed by atoms with Crippen molar-refractivity contribution in [2.24, 2.45) is 0 Å². The quantitative estimate of drug-likeness (QED) is 0.721. The van der Waals surface area contributed by atoms with Crippen molar-refractivity contribution in [3.8, 4) is 11.5 Å². The maximum Gasteiger partial charge on any atom is 0.257 e. The van der Waals surface area contributed by atoms with E-state index in [0.29, 0.717) is 18.0 Å². The second-order valence-corrected chi connectivity index (χ2v) is 5.35. The zero-order valence-corrected chi connectivity index (χ0v) is 14.0. The summed E-state index contributed by atoms with van der Waals surface area (Å²) in [5.41, 5.74) is 2.28. The third-order valence-electron chi connectivity index (χ3n) is 3.55. The lowest BCUT2D eigenvalue weighted by Gasteiger charge is -2.12. The maximum atomic E-state index is 11.9. The Morgan fingerprint density at radius 1 is 1.12 bits per heavy atom. The normalized spacial score (nSPS) is 10.0. The summed E-state index contributed by atoms with van der Waals surface area (Å²) in [7, 11) is 1.58. The highest BCUT2D eigenvalue weighted by Gasteiger charge is 2.08. The molecule has 0 aromatic heterocycles. The zero-order valence-electron chi connectivity index (χ0n) is 14.0. The molecule has 126 valence electrons. The number of rotatable bonds is 9. The molecule has 0 saturated heterocycles. The van der Waals surface area contributed by atoms with Crippen molar-refractivity contribution in [1.82, 2.24) is 5.32 Å². The molecule has 0 spiro atoms. The van der Waals surface area contributed by atoms with Crippen molar-refractivity contribution in [2.75, 3.05) is 20.3 Å². The monoisotopic (exact) mass is 325 g/mol. The van der Waals surface area contributed by atoms with Gasteiger partial charge in [0.05, 0.1) is 7.11 Å². The molecular formula is C20H23NO3. The van der Waals surface area contributed by atoms with Crippen molar-refractivity contribution < 1.29 is 14.3 Å². The van der Waals surface area contributed by atoms with Crippen LogP contribution in [0.5, 0.6) is 11.5 Å². The molecule has 4 nitrogen and oxygen atoms in total. The number of hydrogen-bond acceptors (Lipinski definition) is 3. The van der Waals surface area contributed by atoms with E-state index in [2.05, 4.69) is 11.9 Å². The van der Waals surface area contributed by atoms with E-state index < -0.39 is 0 Å². The summed E-state index contributed by atoms with van der Waals surface area (Å²) in [6.07, 6.45) is 3.39. The number of hydrogen-bond donors (Lipinski definition) is 1. The molecule has 0 aliphatic heterocycles. The van der Waals surface area contributed by atoms with Gasteiger partial charge in [0.25, 0.3) is 5.91 Å². The van der Waals surface area contributed by atoms with Crippen LogP contribution >= 0.6 is 0 Å². The number of ether oxygens (including phenoxy) is 2. The van der Waals surface area contributed by atoms with Crippen LogP contribution in [0.15, 0.2) is 61.2 Å². The molecule has 0 bridgehead atoms. The van der Waals surface area contributed by atoms with Gasteiger partial charge < -0.3 is 14.8 Å². The van der Waals surface area contributed by atoms with Crippen molar-refractivity contribution >= 4 is 5.91 Å². The predicted octanol–water partition coefficient (Wildman–Crippen LogP) is 3.16. The van der Waals surface area contributed by atoms with Crippen LogP contribution in [0.4, 0.5) is 0 Å². The zero-order chi connectivity index (χ0) is 17.2. The second-order valence-electron chi connectivity index (χ2n) is 5.35. The Labute approximate surface area is 143 Å². The first-order valence-electron chi connectivity index (χ1n) is 7.94. The summed E-state index contributed by atoms with van der Waals surface area (Å²) in [6, 6.07) is 15.7. The van der Waals surface area contributed by atoms with Gasteiger partial charge in [0.1, 0.15) is 0 Å². The average molecular weight is 325 g/mol. The molecule has 0 fully saturated rings. The van der Waals surface area contributed by atoms with Crippen LogP contribution < -0.4 is 14.8 Å². The van der Waals surface area contributed by atoms with Crippen molar-refractivity contribution in [1.29, 1.82) is 0 Å². The van der Waals surface area contributed by atoms with Gasteiger partial charge in [-0.3, -0.25) is 4.79 Å². The molecule has 24 heavy (non-hydrogen) atoms.